The van der Waals surface area contributed by atoms with Crippen molar-refractivity contribution in [2.24, 2.45) is 0 Å². The summed E-state index contributed by atoms with van der Waals surface area (Å²) in [6.07, 6.45) is 0. The zero-order chi connectivity index (χ0) is 16.5. The van der Waals surface area contributed by atoms with Crippen LogP contribution in [0.2, 0.25) is 0 Å². The number of hydrogen-bond acceptors (Lipinski definition) is 8. The number of hydrogen-bond donors (Lipinski definition) is 3. The second-order valence-electron chi connectivity index (χ2n) is 5.32. The van der Waals surface area contributed by atoms with Crippen LogP contribution in [0.3, 0.4) is 0 Å². The molecule has 124 valence electrons. The molecule has 0 aliphatic carbocycles. The van der Waals surface area contributed by atoms with Crippen LogP contribution in [-0.2, 0) is 6.54 Å². The number of aryl methyl sites for hydroxylation is 1. The normalized spacial score (nSPS) is 11.4. The third-order valence-corrected chi connectivity index (χ3v) is 5.61. The number of aromatic nitrogens is 2. The lowest BCUT2D eigenvalue weighted by Crippen LogP contribution is -2.04. The Morgan fingerprint density at radius 2 is 2.08 bits per heavy atom. The van der Waals surface area contributed by atoms with E-state index >= 15 is 0 Å². The maximum atomic E-state index is 8.84. The van der Waals surface area contributed by atoms with Gasteiger partial charge in [-0.25, -0.2) is 9.97 Å². The van der Waals surface area contributed by atoms with E-state index < -0.39 is 0 Å². The number of oxazole rings is 1. The summed E-state index contributed by atoms with van der Waals surface area (Å²) in [7, 11) is 0. The average molecular weight is 360 g/mol. The first-order valence-corrected chi connectivity index (χ1v) is 9.19. The van der Waals surface area contributed by atoms with Gasteiger partial charge in [-0.3, -0.25) is 0 Å². The van der Waals surface area contributed by atoms with Crippen molar-refractivity contribution in [3.05, 3.63) is 35.0 Å². The van der Waals surface area contributed by atoms with E-state index in [-0.39, 0.29) is 6.61 Å². The number of rotatable bonds is 6. The largest absolute Gasteiger partial charge is 0.441 e. The molecule has 0 atom stereocenters. The molecule has 4 rings (SSSR count). The minimum Gasteiger partial charge on any atom is -0.441 e. The van der Waals surface area contributed by atoms with Gasteiger partial charge in [0.2, 0.25) is 0 Å². The van der Waals surface area contributed by atoms with E-state index in [1.807, 2.05) is 25.1 Å². The Bertz CT molecular complexity index is 957. The number of aliphatic hydroxyl groups is 1. The van der Waals surface area contributed by atoms with Crippen LogP contribution < -0.4 is 10.6 Å². The molecule has 0 unspecified atom stereocenters. The van der Waals surface area contributed by atoms with E-state index in [4.69, 9.17) is 9.52 Å². The molecule has 0 spiro atoms. The van der Waals surface area contributed by atoms with Crippen molar-refractivity contribution in [2.75, 3.05) is 23.8 Å². The van der Waals surface area contributed by atoms with Gasteiger partial charge < -0.3 is 20.2 Å². The van der Waals surface area contributed by atoms with Gasteiger partial charge in [0.1, 0.15) is 10.3 Å². The summed E-state index contributed by atoms with van der Waals surface area (Å²) in [5.41, 5.74) is 2.68. The molecule has 0 radical (unpaired) electrons. The molecular formula is C16H16N4O2S2. The maximum absolute atomic E-state index is 8.84. The molecule has 3 N–H and O–H groups in total. The summed E-state index contributed by atoms with van der Waals surface area (Å²) in [4.78, 5) is 11.1. The number of anilines is 2. The van der Waals surface area contributed by atoms with Gasteiger partial charge in [0.25, 0.3) is 0 Å². The van der Waals surface area contributed by atoms with Crippen LogP contribution in [-0.4, -0.2) is 28.2 Å². The minimum absolute atomic E-state index is 0.109. The fourth-order valence-electron chi connectivity index (χ4n) is 2.45. The second-order valence-corrected chi connectivity index (χ2v) is 7.47. The Balaban J connectivity index is 1.46. The Kier molecular flexibility index (Phi) is 4.09. The quantitative estimate of drug-likeness (QED) is 0.485. The topological polar surface area (TPSA) is 83.2 Å². The lowest BCUT2D eigenvalue weighted by atomic mass is 10.3. The zero-order valence-corrected chi connectivity index (χ0v) is 14.6. The molecule has 3 heterocycles. The maximum Gasteiger partial charge on any atom is 0.192 e. The van der Waals surface area contributed by atoms with E-state index in [1.54, 1.807) is 22.7 Å². The molecule has 0 amide bonds. The smallest absolute Gasteiger partial charge is 0.192 e. The molecule has 24 heavy (non-hydrogen) atoms. The molecule has 0 saturated carbocycles. The molecule has 0 aliphatic rings. The molecular weight excluding hydrogens is 344 g/mol. The summed E-state index contributed by atoms with van der Waals surface area (Å²) >= 11 is 3.29. The molecule has 8 heteroatoms. The molecule has 0 saturated heterocycles. The third-order valence-electron chi connectivity index (χ3n) is 3.49. The van der Waals surface area contributed by atoms with E-state index in [1.165, 1.54) is 9.58 Å². The van der Waals surface area contributed by atoms with Crippen LogP contribution in [0.5, 0.6) is 0 Å². The number of benzene rings is 1. The highest BCUT2D eigenvalue weighted by Gasteiger charge is 2.09. The van der Waals surface area contributed by atoms with Crippen LogP contribution in [0.1, 0.15) is 10.8 Å². The van der Waals surface area contributed by atoms with E-state index in [0.717, 1.165) is 33.3 Å². The lowest BCUT2D eigenvalue weighted by Gasteiger charge is -2.03. The van der Waals surface area contributed by atoms with Gasteiger partial charge in [0, 0.05) is 36.6 Å². The summed E-state index contributed by atoms with van der Waals surface area (Å²) < 4.78 is 6.73. The first kappa shape index (κ1) is 15.4. The van der Waals surface area contributed by atoms with Gasteiger partial charge in [0.05, 0.1) is 11.3 Å². The molecule has 0 aliphatic heterocycles. The molecule has 1 aromatic carbocycles. The van der Waals surface area contributed by atoms with Gasteiger partial charge in [-0.1, -0.05) is 11.3 Å². The predicted molar refractivity (Wildman–Crippen MR) is 99.1 cm³/mol. The SMILES string of the molecule is Cc1nc2ccc(NCc3cc4sc(NCCO)nc4s3)cc2o1. The number of fused-ring (bicyclic) bond motifs is 2. The van der Waals surface area contributed by atoms with Crippen molar-refractivity contribution < 1.29 is 9.52 Å². The second kappa shape index (κ2) is 6.39. The molecule has 4 aromatic rings. The van der Waals surface area contributed by atoms with Crippen molar-refractivity contribution >= 4 is 54.1 Å². The third kappa shape index (κ3) is 3.08. The molecule has 0 fully saturated rings. The summed E-state index contributed by atoms with van der Waals surface area (Å²) in [6, 6.07) is 8.10. The Hall–Kier alpha value is -2.16. The number of thiophene rings is 1. The number of nitrogens with zero attached hydrogens (tertiary/aromatic N) is 2. The standard InChI is InChI=1S/C16H16N4O2S2/c1-9-19-12-3-2-10(6-13(12)22-9)18-8-11-7-14-15(23-11)20-16(24-14)17-4-5-21/h2-3,6-7,18,21H,4-5,8H2,1H3,(H,17,20). The monoisotopic (exact) mass is 360 g/mol. The van der Waals surface area contributed by atoms with Crippen LogP contribution in [0.4, 0.5) is 10.8 Å². The highest BCUT2D eigenvalue weighted by atomic mass is 32.1. The first-order valence-electron chi connectivity index (χ1n) is 7.56. The van der Waals surface area contributed by atoms with Crippen molar-refractivity contribution in [1.82, 2.24) is 9.97 Å². The van der Waals surface area contributed by atoms with Crippen molar-refractivity contribution in [2.45, 2.75) is 13.5 Å². The predicted octanol–water partition coefficient (Wildman–Crippen LogP) is 3.82. The Labute approximate surface area is 146 Å². The van der Waals surface area contributed by atoms with Crippen LogP contribution in [0.15, 0.2) is 28.7 Å². The lowest BCUT2D eigenvalue weighted by molar-refractivity contribution is 0.311. The van der Waals surface area contributed by atoms with E-state index in [2.05, 4.69) is 26.7 Å². The fourth-order valence-corrected chi connectivity index (χ4v) is 4.55. The average Bonchev–Trinajstić information content (AvgIpc) is 3.21. The van der Waals surface area contributed by atoms with E-state index in [0.29, 0.717) is 12.4 Å². The van der Waals surface area contributed by atoms with Crippen LogP contribution >= 0.6 is 22.7 Å². The molecule has 6 nitrogen and oxygen atoms in total. The number of nitrogens with one attached hydrogen (secondary N) is 2. The van der Waals surface area contributed by atoms with Gasteiger partial charge >= 0.3 is 0 Å². The summed E-state index contributed by atoms with van der Waals surface area (Å²) in [5, 5.41) is 16.2. The molecule has 3 aromatic heterocycles. The van der Waals surface area contributed by atoms with Gasteiger partial charge in [-0.05, 0) is 18.2 Å². The van der Waals surface area contributed by atoms with Gasteiger partial charge in [-0.2, -0.15) is 0 Å². The molecule has 0 bridgehead atoms. The van der Waals surface area contributed by atoms with Gasteiger partial charge in [0.15, 0.2) is 16.6 Å². The highest BCUT2D eigenvalue weighted by Crippen LogP contribution is 2.33. The Morgan fingerprint density at radius 1 is 1.17 bits per heavy atom. The first-order chi connectivity index (χ1) is 11.7. The summed E-state index contributed by atoms with van der Waals surface area (Å²) in [5.74, 6) is 0.678. The number of aliphatic hydroxyl groups excluding tert-OH is 1. The zero-order valence-electron chi connectivity index (χ0n) is 13.0. The highest BCUT2D eigenvalue weighted by molar-refractivity contribution is 7.29. The van der Waals surface area contributed by atoms with E-state index in [9.17, 15) is 0 Å². The van der Waals surface area contributed by atoms with Crippen molar-refractivity contribution in [3.63, 3.8) is 0 Å². The van der Waals surface area contributed by atoms with Crippen molar-refractivity contribution in [1.29, 1.82) is 0 Å². The van der Waals surface area contributed by atoms with Crippen molar-refractivity contribution in [3.8, 4) is 0 Å². The fraction of sp³-hybridized carbons (Fsp3) is 0.250. The van der Waals surface area contributed by atoms with Gasteiger partial charge in [-0.15, -0.1) is 11.3 Å². The van der Waals surface area contributed by atoms with Crippen LogP contribution in [0.25, 0.3) is 20.6 Å². The Morgan fingerprint density at radius 3 is 2.92 bits per heavy atom. The van der Waals surface area contributed by atoms with Crippen LogP contribution in [0, 0.1) is 6.92 Å². The number of thiazole rings is 1. The summed E-state index contributed by atoms with van der Waals surface area (Å²) in [6.45, 7) is 3.23. The minimum atomic E-state index is 0.109.